The Bertz CT molecular complexity index is 517. The quantitative estimate of drug-likeness (QED) is 0.776. The molecule has 0 bridgehead atoms. The third-order valence-electron chi connectivity index (χ3n) is 3.01. The van der Waals surface area contributed by atoms with Crippen LogP contribution >= 0.6 is 11.8 Å². The van der Waals surface area contributed by atoms with Crippen LogP contribution in [0.1, 0.15) is 12.8 Å². The minimum Gasteiger partial charge on any atom is -0.252 e. The fourth-order valence-corrected chi connectivity index (χ4v) is 2.30. The van der Waals surface area contributed by atoms with Crippen LogP contribution in [0.5, 0.6) is 0 Å². The summed E-state index contributed by atoms with van der Waals surface area (Å²) < 4.78 is 1.97. The highest BCUT2D eigenvalue weighted by Gasteiger charge is 2.22. The Balaban J connectivity index is 1.83. The van der Waals surface area contributed by atoms with Crippen molar-refractivity contribution >= 4 is 11.8 Å². The first kappa shape index (κ1) is 10.8. The molecule has 2 aromatic rings. The minimum atomic E-state index is 0.835. The maximum absolute atomic E-state index is 4.53. The van der Waals surface area contributed by atoms with E-state index < -0.39 is 0 Å². The van der Waals surface area contributed by atoms with E-state index in [1.165, 1.54) is 17.7 Å². The van der Waals surface area contributed by atoms with Crippen LogP contribution in [-0.2, 0) is 6.54 Å². The fourth-order valence-electron chi connectivity index (χ4n) is 1.84. The van der Waals surface area contributed by atoms with Crippen LogP contribution in [0.4, 0.5) is 0 Å². The van der Waals surface area contributed by atoms with Gasteiger partial charge in [0.1, 0.15) is 6.33 Å². The average molecular weight is 245 g/mol. The van der Waals surface area contributed by atoms with Crippen molar-refractivity contribution < 1.29 is 0 Å². The summed E-state index contributed by atoms with van der Waals surface area (Å²) in [5.41, 5.74) is 1.10. The summed E-state index contributed by atoms with van der Waals surface area (Å²) in [4.78, 5) is 5.64. The van der Waals surface area contributed by atoms with E-state index in [0.717, 1.165) is 23.9 Å². The lowest BCUT2D eigenvalue weighted by Gasteiger charge is -1.99. The van der Waals surface area contributed by atoms with Gasteiger partial charge in [0.05, 0.1) is 0 Å². The summed E-state index contributed by atoms with van der Waals surface area (Å²) in [7, 11) is 0. The maximum Gasteiger partial charge on any atom is 0.181 e. The highest BCUT2D eigenvalue weighted by Crippen LogP contribution is 2.30. The SMILES string of the molecule is CSc1cccc(-c2ncn(CC3CC3)n2)c1. The second-order valence-electron chi connectivity index (χ2n) is 4.47. The first-order valence-corrected chi connectivity index (χ1v) is 7.11. The molecule has 3 rings (SSSR count). The number of hydrogen-bond acceptors (Lipinski definition) is 3. The van der Waals surface area contributed by atoms with Crippen molar-refractivity contribution in [3.05, 3.63) is 30.6 Å². The number of rotatable bonds is 4. The van der Waals surface area contributed by atoms with Crippen LogP contribution < -0.4 is 0 Å². The van der Waals surface area contributed by atoms with E-state index in [1.807, 2.05) is 11.0 Å². The highest BCUT2D eigenvalue weighted by molar-refractivity contribution is 7.98. The molecule has 1 fully saturated rings. The molecule has 0 saturated heterocycles. The molecule has 1 aliphatic rings. The average Bonchev–Trinajstić information content (AvgIpc) is 3.05. The monoisotopic (exact) mass is 245 g/mol. The smallest absolute Gasteiger partial charge is 0.181 e. The molecular weight excluding hydrogens is 230 g/mol. The molecule has 1 aliphatic carbocycles. The Morgan fingerprint density at radius 3 is 3.06 bits per heavy atom. The molecule has 0 atom stereocenters. The normalized spacial score (nSPS) is 15.1. The van der Waals surface area contributed by atoms with Crippen LogP contribution in [0, 0.1) is 5.92 Å². The summed E-state index contributed by atoms with van der Waals surface area (Å²) in [6, 6.07) is 8.37. The van der Waals surface area contributed by atoms with Gasteiger partial charge in [-0.2, -0.15) is 5.10 Å². The van der Waals surface area contributed by atoms with Gasteiger partial charge in [-0.1, -0.05) is 12.1 Å². The van der Waals surface area contributed by atoms with E-state index in [9.17, 15) is 0 Å². The molecule has 0 amide bonds. The van der Waals surface area contributed by atoms with E-state index in [2.05, 4.69) is 40.6 Å². The van der Waals surface area contributed by atoms with Gasteiger partial charge in [0.15, 0.2) is 5.82 Å². The van der Waals surface area contributed by atoms with E-state index in [1.54, 1.807) is 11.8 Å². The van der Waals surface area contributed by atoms with Crippen LogP contribution in [0.3, 0.4) is 0 Å². The van der Waals surface area contributed by atoms with Gasteiger partial charge in [0.25, 0.3) is 0 Å². The zero-order chi connectivity index (χ0) is 11.7. The van der Waals surface area contributed by atoms with Crippen molar-refractivity contribution in [2.75, 3.05) is 6.26 Å². The van der Waals surface area contributed by atoms with Gasteiger partial charge in [-0.05, 0) is 37.1 Å². The second-order valence-corrected chi connectivity index (χ2v) is 5.35. The van der Waals surface area contributed by atoms with Gasteiger partial charge in [0, 0.05) is 17.0 Å². The summed E-state index contributed by atoms with van der Waals surface area (Å²) >= 11 is 1.74. The van der Waals surface area contributed by atoms with Gasteiger partial charge in [-0.3, -0.25) is 4.68 Å². The lowest BCUT2D eigenvalue weighted by atomic mass is 10.2. The topological polar surface area (TPSA) is 30.7 Å². The van der Waals surface area contributed by atoms with Crippen LogP contribution in [0.25, 0.3) is 11.4 Å². The number of benzene rings is 1. The summed E-state index contributed by atoms with van der Waals surface area (Å²) in [5.74, 6) is 1.67. The molecule has 0 unspecified atom stereocenters. The summed E-state index contributed by atoms with van der Waals surface area (Å²) in [6.07, 6.45) is 6.62. The minimum absolute atomic E-state index is 0.835. The predicted octanol–water partition coefficient (Wildman–Crippen LogP) is 3.08. The molecular formula is C13H15N3S. The van der Waals surface area contributed by atoms with E-state index >= 15 is 0 Å². The number of aromatic nitrogens is 3. The van der Waals surface area contributed by atoms with Crippen molar-refractivity contribution in [3.63, 3.8) is 0 Å². The van der Waals surface area contributed by atoms with E-state index in [0.29, 0.717) is 0 Å². The summed E-state index contributed by atoms with van der Waals surface area (Å²) in [6.45, 7) is 1.02. The first-order chi connectivity index (χ1) is 8.35. The van der Waals surface area contributed by atoms with E-state index in [4.69, 9.17) is 0 Å². The standard InChI is InChI=1S/C13H15N3S/c1-17-12-4-2-3-11(7-12)13-14-9-16(15-13)8-10-5-6-10/h2-4,7,9-10H,5-6,8H2,1H3. The molecule has 0 spiro atoms. The lowest BCUT2D eigenvalue weighted by molar-refractivity contribution is 0.563. The Labute approximate surface area is 105 Å². The lowest BCUT2D eigenvalue weighted by Crippen LogP contribution is -1.99. The van der Waals surface area contributed by atoms with Crippen LogP contribution in [-0.4, -0.2) is 21.0 Å². The number of hydrogen-bond donors (Lipinski definition) is 0. The molecule has 17 heavy (non-hydrogen) atoms. The fraction of sp³-hybridized carbons (Fsp3) is 0.385. The van der Waals surface area contributed by atoms with Gasteiger partial charge in [-0.25, -0.2) is 4.98 Å². The first-order valence-electron chi connectivity index (χ1n) is 5.89. The number of thioether (sulfide) groups is 1. The zero-order valence-electron chi connectivity index (χ0n) is 9.84. The Morgan fingerprint density at radius 1 is 1.41 bits per heavy atom. The van der Waals surface area contributed by atoms with Crippen molar-refractivity contribution in [3.8, 4) is 11.4 Å². The molecule has 0 aliphatic heterocycles. The van der Waals surface area contributed by atoms with Crippen molar-refractivity contribution in [1.82, 2.24) is 14.8 Å². The van der Waals surface area contributed by atoms with Gasteiger partial charge in [-0.15, -0.1) is 11.8 Å². The van der Waals surface area contributed by atoms with Gasteiger partial charge < -0.3 is 0 Å². The van der Waals surface area contributed by atoms with Gasteiger partial charge >= 0.3 is 0 Å². The van der Waals surface area contributed by atoms with Gasteiger partial charge in [0.2, 0.25) is 0 Å². The maximum atomic E-state index is 4.53. The van der Waals surface area contributed by atoms with Crippen LogP contribution in [0.2, 0.25) is 0 Å². The molecule has 1 heterocycles. The second kappa shape index (κ2) is 4.53. The molecule has 3 nitrogen and oxygen atoms in total. The van der Waals surface area contributed by atoms with Crippen molar-refractivity contribution in [2.24, 2.45) is 5.92 Å². The zero-order valence-corrected chi connectivity index (χ0v) is 10.7. The Kier molecular flexibility index (Phi) is 2.89. The molecule has 0 radical (unpaired) electrons. The summed E-state index contributed by atoms with van der Waals surface area (Å²) in [5, 5.41) is 4.53. The van der Waals surface area contributed by atoms with Crippen molar-refractivity contribution in [2.45, 2.75) is 24.3 Å². The third-order valence-corrected chi connectivity index (χ3v) is 3.73. The molecule has 1 aromatic carbocycles. The molecule has 1 aromatic heterocycles. The molecule has 0 N–H and O–H groups in total. The molecule has 88 valence electrons. The highest BCUT2D eigenvalue weighted by atomic mass is 32.2. The largest absolute Gasteiger partial charge is 0.252 e. The van der Waals surface area contributed by atoms with Crippen molar-refractivity contribution in [1.29, 1.82) is 0 Å². The predicted molar refractivity (Wildman–Crippen MR) is 70.0 cm³/mol. The molecule has 4 heteroatoms. The third kappa shape index (κ3) is 2.52. The Hall–Kier alpha value is -1.29. The Morgan fingerprint density at radius 2 is 2.29 bits per heavy atom. The van der Waals surface area contributed by atoms with E-state index in [-0.39, 0.29) is 0 Å². The number of nitrogens with zero attached hydrogens (tertiary/aromatic N) is 3. The van der Waals surface area contributed by atoms with Crippen LogP contribution in [0.15, 0.2) is 35.5 Å². The molecule has 1 saturated carbocycles.